The van der Waals surface area contributed by atoms with Crippen LogP contribution in [0.4, 0.5) is 5.69 Å². The Labute approximate surface area is 168 Å². The molecule has 0 atom stereocenters. The van der Waals surface area contributed by atoms with Gasteiger partial charge in [0, 0.05) is 47.4 Å². The van der Waals surface area contributed by atoms with Gasteiger partial charge in [0.25, 0.3) is 5.69 Å². The largest absolute Gasteiger partial charge is 0.362 e. The molecule has 2 N–H and O–H groups in total. The van der Waals surface area contributed by atoms with Crippen molar-refractivity contribution < 1.29 is 4.92 Å². The normalized spacial score (nSPS) is 11.1. The third kappa shape index (κ3) is 4.17. The van der Waals surface area contributed by atoms with Crippen LogP contribution in [0.1, 0.15) is 23.7 Å². The Morgan fingerprint density at radius 1 is 1.25 bits per heavy atom. The summed E-state index contributed by atoms with van der Waals surface area (Å²) in [6.07, 6.45) is 1.77. The van der Waals surface area contributed by atoms with Crippen LogP contribution in [0.25, 0.3) is 10.9 Å². The number of benzene rings is 2. The molecule has 0 aliphatic heterocycles. The molecule has 28 heavy (non-hydrogen) atoms. The SMILES string of the molecule is CCNC(=S)N/N=C\c1c(C)n(Cc2ccc([N+](=O)[O-])cc2)c2ccccc12. The van der Waals surface area contributed by atoms with Crippen LogP contribution in [0.3, 0.4) is 0 Å². The molecule has 0 bridgehead atoms. The lowest BCUT2D eigenvalue weighted by Crippen LogP contribution is -2.31. The highest BCUT2D eigenvalue weighted by Crippen LogP contribution is 2.26. The maximum Gasteiger partial charge on any atom is 0.269 e. The smallest absolute Gasteiger partial charge is 0.269 e. The predicted octanol–water partition coefficient (Wildman–Crippen LogP) is 3.72. The summed E-state index contributed by atoms with van der Waals surface area (Å²) in [5.41, 5.74) is 7.03. The molecule has 0 unspecified atom stereocenters. The van der Waals surface area contributed by atoms with E-state index in [1.54, 1.807) is 18.3 Å². The molecular weight excluding hydrogens is 374 g/mol. The number of nitro groups is 1. The molecule has 7 nitrogen and oxygen atoms in total. The summed E-state index contributed by atoms with van der Waals surface area (Å²) in [7, 11) is 0. The number of nitrogens with zero attached hydrogens (tertiary/aromatic N) is 3. The first-order valence-electron chi connectivity index (χ1n) is 8.89. The third-order valence-corrected chi connectivity index (χ3v) is 4.70. The van der Waals surface area contributed by atoms with Crippen molar-refractivity contribution in [3.05, 3.63) is 75.5 Å². The summed E-state index contributed by atoms with van der Waals surface area (Å²) in [4.78, 5) is 10.5. The maximum absolute atomic E-state index is 10.9. The minimum Gasteiger partial charge on any atom is -0.362 e. The number of rotatable bonds is 6. The van der Waals surface area contributed by atoms with Crippen LogP contribution < -0.4 is 10.7 Å². The minimum absolute atomic E-state index is 0.0911. The molecule has 8 heteroatoms. The molecule has 0 fully saturated rings. The average molecular weight is 395 g/mol. The van der Waals surface area contributed by atoms with Crippen molar-refractivity contribution in [2.75, 3.05) is 6.54 Å². The fraction of sp³-hybridized carbons (Fsp3) is 0.200. The minimum atomic E-state index is -0.389. The van der Waals surface area contributed by atoms with E-state index in [1.165, 1.54) is 12.1 Å². The number of para-hydroxylation sites is 1. The van der Waals surface area contributed by atoms with Crippen LogP contribution in [0, 0.1) is 17.0 Å². The molecule has 0 amide bonds. The Kier molecular flexibility index (Phi) is 6.00. The molecule has 3 aromatic rings. The Balaban J connectivity index is 1.92. The molecule has 0 saturated heterocycles. The van der Waals surface area contributed by atoms with Gasteiger partial charge in [-0.2, -0.15) is 5.10 Å². The van der Waals surface area contributed by atoms with Gasteiger partial charge in [-0.15, -0.1) is 0 Å². The number of hydrazone groups is 1. The van der Waals surface area contributed by atoms with Crippen LogP contribution in [-0.4, -0.2) is 27.4 Å². The maximum atomic E-state index is 10.9. The molecular formula is C20H21N5O2S. The van der Waals surface area contributed by atoms with Crippen LogP contribution in [-0.2, 0) is 6.54 Å². The van der Waals surface area contributed by atoms with E-state index in [9.17, 15) is 10.1 Å². The lowest BCUT2D eigenvalue weighted by atomic mass is 10.1. The van der Waals surface area contributed by atoms with Gasteiger partial charge in [-0.3, -0.25) is 15.5 Å². The van der Waals surface area contributed by atoms with Crippen LogP contribution in [0.2, 0.25) is 0 Å². The third-order valence-electron chi connectivity index (χ3n) is 4.46. The van der Waals surface area contributed by atoms with Gasteiger partial charge in [-0.25, -0.2) is 0 Å². The van der Waals surface area contributed by atoms with Crippen LogP contribution in [0.5, 0.6) is 0 Å². The lowest BCUT2D eigenvalue weighted by Gasteiger charge is -2.08. The molecule has 1 heterocycles. The molecule has 0 aliphatic rings. The van der Waals surface area contributed by atoms with E-state index in [4.69, 9.17) is 12.2 Å². The second-order valence-corrected chi connectivity index (χ2v) is 6.66. The molecule has 0 radical (unpaired) electrons. The summed E-state index contributed by atoms with van der Waals surface area (Å²) in [6, 6.07) is 14.7. The van der Waals surface area contributed by atoms with Crippen molar-refractivity contribution in [2.24, 2.45) is 5.10 Å². The van der Waals surface area contributed by atoms with Gasteiger partial charge in [0.15, 0.2) is 5.11 Å². The van der Waals surface area contributed by atoms with Crippen LogP contribution in [0.15, 0.2) is 53.6 Å². The number of thiocarbonyl (C=S) groups is 1. The number of hydrogen-bond acceptors (Lipinski definition) is 4. The number of nitrogens with one attached hydrogen (secondary N) is 2. The van der Waals surface area contributed by atoms with Crippen molar-refractivity contribution >= 4 is 40.1 Å². The van der Waals surface area contributed by atoms with Gasteiger partial charge in [-0.1, -0.05) is 30.3 Å². The van der Waals surface area contributed by atoms with Crippen molar-refractivity contribution in [1.29, 1.82) is 0 Å². The number of fused-ring (bicyclic) bond motifs is 1. The Morgan fingerprint density at radius 2 is 1.96 bits per heavy atom. The quantitative estimate of drug-likeness (QED) is 0.288. The standard InChI is InChI=1S/C20H21N5O2S/c1-3-21-20(28)23-22-12-18-14(2)24(19-7-5-4-6-17(18)19)13-15-8-10-16(11-9-15)25(26)27/h4-12H,3,13H2,1-2H3,(H2,21,23,28)/b22-12-. The molecule has 3 rings (SSSR count). The molecule has 0 spiro atoms. The fourth-order valence-corrected chi connectivity index (χ4v) is 3.28. The van der Waals surface area contributed by atoms with E-state index < -0.39 is 0 Å². The highest BCUT2D eigenvalue weighted by atomic mass is 32.1. The van der Waals surface area contributed by atoms with E-state index in [0.29, 0.717) is 11.7 Å². The predicted molar refractivity (Wildman–Crippen MR) is 116 cm³/mol. The zero-order chi connectivity index (χ0) is 20.1. The number of non-ortho nitro benzene ring substituents is 1. The zero-order valence-electron chi connectivity index (χ0n) is 15.7. The first-order chi connectivity index (χ1) is 13.5. The van der Waals surface area contributed by atoms with Crippen molar-refractivity contribution in [2.45, 2.75) is 20.4 Å². The Morgan fingerprint density at radius 3 is 2.64 bits per heavy atom. The van der Waals surface area contributed by atoms with E-state index in [1.807, 2.05) is 26.0 Å². The molecule has 1 aromatic heterocycles. The molecule has 144 valence electrons. The molecule has 2 aromatic carbocycles. The van der Waals surface area contributed by atoms with Gasteiger partial charge >= 0.3 is 0 Å². The van der Waals surface area contributed by atoms with E-state index in [-0.39, 0.29) is 10.6 Å². The lowest BCUT2D eigenvalue weighted by molar-refractivity contribution is -0.384. The van der Waals surface area contributed by atoms with E-state index in [0.717, 1.165) is 34.3 Å². The van der Waals surface area contributed by atoms with Gasteiger partial charge in [-0.05, 0) is 37.7 Å². The topological polar surface area (TPSA) is 84.5 Å². The monoisotopic (exact) mass is 395 g/mol. The number of hydrogen-bond donors (Lipinski definition) is 2. The van der Waals surface area contributed by atoms with Crippen molar-refractivity contribution in [3.63, 3.8) is 0 Å². The van der Waals surface area contributed by atoms with Gasteiger partial charge in [0.05, 0.1) is 11.1 Å². The number of aromatic nitrogens is 1. The van der Waals surface area contributed by atoms with Gasteiger partial charge in [0.2, 0.25) is 0 Å². The fourth-order valence-electron chi connectivity index (χ4n) is 3.09. The van der Waals surface area contributed by atoms with E-state index >= 15 is 0 Å². The van der Waals surface area contributed by atoms with Gasteiger partial charge in [0.1, 0.15) is 0 Å². The van der Waals surface area contributed by atoms with E-state index in [2.05, 4.69) is 32.5 Å². The second kappa shape index (κ2) is 8.62. The molecule has 0 saturated carbocycles. The highest BCUT2D eigenvalue weighted by Gasteiger charge is 2.13. The summed E-state index contributed by atoms with van der Waals surface area (Å²) in [5.74, 6) is 0. The first kappa shape index (κ1) is 19.5. The average Bonchev–Trinajstić information content (AvgIpc) is 2.94. The highest BCUT2D eigenvalue weighted by molar-refractivity contribution is 7.80. The zero-order valence-corrected chi connectivity index (χ0v) is 16.5. The van der Waals surface area contributed by atoms with Crippen molar-refractivity contribution in [3.8, 4) is 0 Å². The number of nitro benzene ring substituents is 1. The van der Waals surface area contributed by atoms with Gasteiger partial charge < -0.3 is 9.88 Å². The Hall–Kier alpha value is -3.26. The first-order valence-corrected chi connectivity index (χ1v) is 9.30. The summed E-state index contributed by atoms with van der Waals surface area (Å²) in [6.45, 7) is 5.35. The summed E-state index contributed by atoms with van der Waals surface area (Å²) >= 11 is 5.13. The Bertz CT molecular complexity index is 1040. The second-order valence-electron chi connectivity index (χ2n) is 6.26. The molecule has 0 aliphatic carbocycles. The summed E-state index contributed by atoms with van der Waals surface area (Å²) in [5, 5.41) is 19.7. The van der Waals surface area contributed by atoms with Crippen LogP contribution >= 0.6 is 12.2 Å². The van der Waals surface area contributed by atoms with Crippen molar-refractivity contribution in [1.82, 2.24) is 15.3 Å². The summed E-state index contributed by atoms with van der Waals surface area (Å²) < 4.78 is 2.18.